The Morgan fingerprint density at radius 1 is 1.43 bits per heavy atom. The van der Waals surface area contributed by atoms with Gasteiger partial charge in [0.2, 0.25) is 0 Å². The molecule has 0 heterocycles. The van der Waals surface area contributed by atoms with E-state index in [4.69, 9.17) is 14.7 Å². The van der Waals surface area contributed by atoms with Gasteiger partial charge in [-0.2, -0.15) is 0 Å². The van der Waals surface area contributed by atoms with Crippen LogP contribution in [0.3, 0.4) is 0 Å². The summed E-state index contributed by atoms with van der Waals surface area (Å²) in [6.45, 7) is 1.95. The van der Waals surface area contributed by atoms with Crippen molar-refractivity contribution in [3.63, 3.8) is 0 Å². The van der Waals surface area contributed by atoms with Crippen LogP contribution in [0.5, 0.6) is 11.5 Å². The van der Waals surface area contributed by atoms with Crippen LogP contribution in [0, 0.1) is 0 Å². The van der Waals surface area contributed by atoms with Crippen molar-refractivity contribution in [1.82, 2.24) is 0 Å². The largest absolute Gasteiger partial charge is 0.497 e. The van der Waals surface area contributed by atoms with Crippen LogP contribution in [0.25, 0.3) is 0 Å². The first-order valence-electron chi connectivity index (χ1n) is 4.20. The molecule has 76 valence electrons. The summed E-state index contributed by atoms with van der Waals surface area (Å²) in [6.07, 6.45) is 0. The van der Waals surface area contributed by atoms with Gasteiger partial charge in [0.25, 0.3) is 0 Å². The van der Waals surface area contributed by atoms with E-state index in [9.17, 15) is 0 Å². The van der Waals surface area contributed by atoms with Gasteiger partial charge >= 0.3 is 0 Å². The zero-order valence-electron chi connectivity index (χ0n) is 8.23. The van der Waals surface area contributed by atoms with Crippen molar-refractivity contribution in [2.45, 2.75) is 6.92 Å². The second kappa shape index (κ2) is 5.11. The van der Waals surface area contributed by atoms with Gasteiger partial charge < -0.3 is 14.7 Å². The molecule has 14 heavy (non-hydrogen) atoms. The quantitative estimate of drug-likeness (QED) is 0.453. The average molecular weight is 195 g/mol. The van der Waals surface area contributed by atoms with Gasteiger partial charge in [0, 0.05) is 6.07 Å². The number of rotatable bonds is 4. The third-order valence-corrected chi connectivity index (χ3v) is 1.66. The van der Waals surface area contributed by atoms with E-state index in [2.05, 4.69) is 5.16 Å². The van der Waals surface area contributed by atoms with Crippen LogP contribution < -0.4 is 9.47 Å². The van der Waals surface area contributed by atoms with Gasteiger partial charge in [-0.25, -0.2) is 0 Å². The second-order valence-electron chi connectivity index (χ2n) is 2.80. The third-order valence-electron chi connectivity index (χ3n) is 1.66. The van der Waals surface area contributed by atoms with Crippen molar-refractivity contribution in [3.8, 4) is 11.5 Å². The Morgan fingerprint density at radius 3 is 2.79 bits per heavy atom. The smallest absolute Gasteiger partial charge is 0.129 e. The molecule has 1 aromatic rings. The monoisotopic (exact) mass is 195 g/mol. The number of nitrogens with zero attached hydrogens (tertiary/aromatic N) is 1. The maximum Gasteiger partial charge on any atom is 0.129 e. The number of benzene rings is 1. The zero-order chi connectivity index (χ0) is 10.4. The standard InChI is InChI=1S/C10H13NO3/c1-8(11-12)7-14-10-5-3-4-9(6-10)13-2/h3-6,12H,7H2,1-2H3. The van der Waals surface area contributed by atoms with Crippen molar-refractivity contribution in [2.24, 2.45) is 5.16 Å². The van der Waals surface area contributed by atoms with Crippen LogP contribution in [-0.4, -0.2) is 24.6 Å². The molecule has 4 heteroatoms. The minimum atomic E-state index is 0.268. The van der Waals surface area contributed by atoms with Gasteiger partial charge in [0.05, 0.1) is 12.8 Å². The van der Waals surface area contributed by atoms with Crippen LogP contribution in [0.4, 0.5) is 0 Å². The molecule has 0 radical (unpaired) electrons. The van der Waals surface area contributed by atoms with Gasteiger partial charge in [-0.1, -0.05) is 11.2 Å². The molecule has 1 aromatic carbocycles. The lowest BCUT2D eigenvalue weighted by atomic mass is 10.3. The summed E-state index contributed by atoms with van der Waals surface area (Å²) in [4.78, 5) is 0. The minimum Gasteiger partial charge on any atom is -0.497 e. The molecule has 1 rings (SSSR count). The molecule has 0 aliphatic heterocycles. The minimum absolute atomic E-state index is 0.268. The molecule has 0 atom stereocenters. The van der Waals surface area contributed by atoms with Gasteiger partial charge in [-0.05, 0) is 19.1 Å². The summed E-state index contributed by atoms with van der Waals surface area (Å²) >= 11 is 0. The first-order valence-corrected chi connectivity index (χ1v) is 4.20. The van der Waals surface area contributed by atoms with Crippen molar-refractivity contribution >= 4 is 5.71 Å². The fraction of sp³-hybridized carbons (Fsp3) is 0.300. The predicted octanol–water partition coefficient (Wildman–Crippen LogP) is 1.92. The number of hydrogen-bond acceptors (Lipinski definition) is 4. The van der Waals surface area contributed by atoms with E-state index in [1.54, 1.807) is 20.1 Å². The molecule has 0 saturated carbocycles. The zero-order valence-corrected chi connectivity index (χ0v) is 8.23. The van der Waals surface area contributed by atoms with Crippen LogP contribution in [-0.2, 0) is 0 Å². The summed E-state index contributed by atoms with van der Waals surface area (Å²) in [5, 5.41) is 11.4. The van der Waals surface area contributed by atoms with Crippen LogP contribution in [0.15, 0.2) is 29.4 Å². The Kier molecular flexibility index (Phi) is 3.79. The van der Waals surface area contributed by atoms with Crippen LogP contribution in [0.2, 0.25) is 0 Å². The number of ether oxygens (including phenoxy) is 2. The van der Waals surface area contributed by atoms with Gasteiger partial charge in [-0.3, -0.25) is 0 Å². The summed E-state index contributed by atoms with van der Waals surface area (Å²) < 4.78 is 10.4. The predicted molar refractivity (Wildman–Crippen MR) is 53.4 cm³/mol. The van der Waals surface area contributed by atoms with Crippen molar-refractivity contribution in [2.75, 3.05) is 13.7 Å². The maximum atomic E-state index is 8.40. The fourth-order valence-corrected chi connectivity index (χ4v) is 0.908. The molecule has 0 aliphatic carbocycles. The molecule has 4 nitrogen and oxygen atoms in total. The molecule has 0 aromatic heterocycles. The Hall–Kier alpha value is -1.71. The molecule has 1 N–H and O–H groups in total. The molecule has 0 amide bonds. The van der Waals surface area contributed by atoms with Crippen molar-refractivity contribution < 1.29 is 14.7 Å². The first-order chi connectivity index (χ1) is 6.76. The number of oxime groups is 1. The van der Waals surface area contributed by atoms with Crippen LogP contribution >= 0.6 is 0 Å². The summed E-state index contributed by atoms with van der Waals surface area (Å²) in [7, 11) is 1.60. The molecule has 0 unspecified atom stereocenters. The highest BCUT2D eigenvalue weighted by Crippen LogP contribution is 2.18. The van der Waals surface area contributed by atoms with Crippen molar-refractivity contribution in [3.05, 3.63) is 24.3 Å². The normalized spacial score (nSPS) is 11.1. The highest BCUT2D eigenvalue weighted by Gasteiger charge is 1.97. The van der Waals surface area contributed by atoms with E-state index in [1.807, 2.05) is 18.2 Å². The summed E-state index contributed by atoms with van der Waals surface area (Å²) in [5.74, 6) is 1.42. The van der Waals surface area contributed by atoms with Gasteiger partial charge in [-0.15, -0.1) is 0 Å². The molecular weight excluding hydrogens is 182 g/mol. The molecule has 0 fully saturated rings. The SMILES string of the molecule is COc1cccc(OCC(C)=NO)c1. The molecular formula is C10H13NO3. The van der Waals surface area contributed by atoms with E-state index in [1.165, 1.54) is 0 Å². The lowest BCUT2D eigenvalue weighted by molar-refractivity contribution is 0.306. The highest BCUT2D eigenvalue weighted by molar-refractivity contribution is 5.82. The number of hydrogen-bond donors (Lipinski definition) is 1. The lowest BCUT2D eigenvalue weighted by Crippen LogP contribution is -2.07. The Morgan fingerprint density at radius 2 is 2.14 bits per heavy atom. The molecule has 0 bridgehead atoms. The lowest BCUT2D eigenvalue weighted by Gasteiger charge is -2.06. The fourth-order valence-electron chi connectivity index (χ4n) is 0.908. The summed E-state index contributed by atoms with van der Waals surface area (Å²) in [5.41, 5.74) is 0.521. The average Bonchev–Trinajstić information content (AvgIpc) is 2.26. The maximum absolute atomic E-state index is 8.40. The molecule has 0 spiro atoms. The van der Waals surface area contributed by atoms with E-state index >= 15 is 0 Å². The van der Waals surface area contributed by atoms with Crippen LogP contribution in [0.1, 0.15) is 6.92 Å². The van der Waals surface area contributed by atoms with E-state index in [0.29, 0.717) is 11.5 Å². The highest BCUT2D eigenvalue weighted by atomic mass is 16.5. The van der Waals surface area contributed by atoms with Gasteiger partial charge in [0.1, 0.15) is 18.1 Å². The second-order valence-corrected chi connectivity index (χ2v) is 2.80. The Balaban J connectivity index is 2.58. The number of methoxy groups -OCH3 is 1. The summed E-state index contributed by atoms with van der Waals surface area (Å²) in [6, 6.07) is 7.25. The topological polar surface area (TPSA) is 51.0 Å². The first kappa shape index (κ1) is 10.4. The Bertz CT molecular complexity index is 323. The van der Waals surface area contributed by atoms with Gasteiger partial charge in [0.15, 0.2) is 0 Å². The third kappa shape index (κ3) is 2.97. The van der Waals surface area contributed by atoms with E-state index in [-0.39, 0.29) is 6.61 Å². The molecule has 0 saturated heterocycles. The van der Waals surface area contributed by atoms with E-state index < -0.39 is 0 Å². The van der Waals surface area contributed by atoms with Crippen molar-refractivity contribution in [1.29, 1.82) is 0 Å². The Labute approximate surface area is 82.8 Å². The molecule has 0 aliphatic rings. The van der Waals surface area contributed by atoms with E-state index in [0.717, 1.165) is 5.75 Å².